The molecule has 0 heterocycles. The van der Waals surface area contributed by atoms with Gasteiger partial charge in [-0.05, 0) is 83.4 Å². The van der Waals surface area contributed by atoms with E-state index in [1.165, 1.54) is 36.4 Å². The Balaban J connectivity index is 0.00000374. The Morgan fingerprint density at radius 3 is 1.56 bits per heavy atom. The summed E-state index contributed by atoms with van der Waals surface area (Å²) in [6, 6.07) is 18.7. The number of Topliss-reactive ketones (excluding diaryl/α,β-unsaturated/α-hetero) is 1. The van der Waals surface area contributed by atoms with Gasteiger partial charge in [0.1, 0.15) is 57.6 Å². The van der Waals surface area contributed by atoms with Crippen LogP contribution < -0.4 is 141 Å². The van der Waals surface area contributed by atoms with Gasteiger partial charge in [0.25, 0.3) is 0 Å². The third kappa shape index (κ3) is 14.3. The fraction of sp³-hybridized carbons (Fsp3) is 0. The molecule has 66 heavy (non-hydrogen) atoms. The van der Waals surface area contributed by atoms with Crippen LogP contribution in [0.15, 0.2) is 136 Å². The van der Waals surface area contributed by atoms with E-state index in [0.717, 1.165) is 36.4 Å². The number of hydrogen-bond acceptors (Lipinski definition) is 22. The molecule has 0 atom stereocenters. The topological polar surface area (TPSA) is 398 Å². The Hall–Kier alpha value is -3.04. The minimum atomic E-state index is -5.57. The van der Waals surface area contributed by atoms with Crippen LogP contribution in [0.3, 0.4) is 0 Å². The first-order valence-corrected chi connectivity index (χ1v) is 22.5. The second-order valence-electron chi connectivity index (χ2n) is 12.7. The number of nitrogens with zero attached hydrogens (tertiary/aromatic N) is 5. The van der Waals surface area contributed by atoms with E-state index in [1.807, 2.05) is 0 Å². The molecule has 5 aromatic carbocycles. The van der Waals surface area contributed by atoms with E-state index >= 15 is 0 Å². The fourth-order valence-electron chi connectivity index (χ4n) is 5.66. The summed E-state index contributed by atoms with van der Waals surface area (Å²) in [5, 5.41) is 19.0. The van der Waals surface area contributed by atoms with E-state index in [4.69, 9.17) is 17.2 Å². The largest absolute Gasteiger partial charge is 1.00 e. The van der Waals surface area contributed by atoms with Crippen molar-refractivity contribution in [3.05, 3.63) is 118 Å². The van der Waals surface area contributed by atoms with Crippen LogP contribution in [0, 0.1) is 0 Å². The van der Waals surface area contributed by atoms with Crippen molar-refractivity contribution >= 4 is 116 Å². The van der Waals surface area contributed by atoms with E-state index in [1.54, 1.807) is 18.2 Å². The molecule has 5 aromatic rings. The zero-order valence-corrected chi connectivity index (χ0v) is 46.1. The Labute approximate surface area is 465 Å². The summed E-state index contributed by atoms with van der Waals surface area (Å²) in [5.74, 6) is -1.31. The third-order valence-corrected chi connectivity index (χ3v) is 12.0. The molecule has 0 fully saturated rings. The molecule has 0 radical (unpaired) electrons. The molecule has 1 aliphatic carbocycles. The van der Waals surface area contributed by atoms with Crippen molar-refractivity contribution in [1.82, 2.24) is 0 Å². The van der Waals surface area contributed by atoms with Crippen molar-refractivity contribution in [3.63, 3.8) is 0 Å². The fourth-order valence-corrected chi connectivity index (χ4v) is 8.35. The number of allylic oxidation sites excluding steroid dienone is 1. The van der Waals surface area contributed by atoms with Gasteiger partial charge in [-0.1, -0.05) is 42.5 Å². The maximum atomic E-state index is 13.7. The number of rotatable bonds is 12. The number of carbonyl (C=O) groups excluding carboxylic acids is 1. The Bertz CT molecular complexity index is 3340. The molecule has 1 aliphatic rings. The standard InChI is InChI=1S/C36H29N9O13S4.4Na/c37-22-10-13-27(26(38)16-22)43-41-24-11-8-19(28(17-24)59(47,48)49)6-7-20-9-12-25(18-29(20)60(50,51)52)42-44-34-30(61(53,54)55)14-21-15-31(62(56,57)58)35(36(46)32(21)33(34)39)45-40-23-4-2-1-3-5-23;;;;/h1-18,40H,37-39H2,(H,47,48,49)(H,50,51,52)(H,53,54,55)(H,56,57,58);;;;/q;4*+1/p-4. The maximum absolute atomic E-state index is 13.7. The number of nitrogen functional groups attached to an aromatic ring is 3. The third-order valence-electron chi connectivity index (χ3n) is 8.47. The summed E-state index contributed by atoms with van der Waals surface area (Å²) in [7, 11) is -21.6. The van der Waals surface area contributed by atoms with Crippen LogP contribution in [0.1, 0.15) is 27.0 Å². The Kier molecular flexibility index (Phi) is 21.0. The Morgan fingerprint density at radius 1 is 0.561 bits per heavy atom. The van der Waals surface area contributed by atoms with Crippen molar-refractivity contribution in [1.29, 1.82) is 0 Å². The summed E-state index contributed by atoms with van der Waals surface area (Å²) in [6.07, 6.45) is 2.58. The average Bonchev–Trinajstić information content (AvgIpc) is 3.18. The molecule has 22 nitrogen and oxygen atoms in total. The van der Waals surface area contributed by atoms with Crippen LogP contribution in [0.5, 0.6) is 0 Å². The molecule has 30 heteroatoms. The molecule has 0 aromatic heterocycles. The molecule has 0 spiro atoms. The predicted molar refractivity (Wildman–Crippen MR) is 220 cm³/mol. The first kappa shape index (κ1) is 59.1. The van der Waals surface area contributed by atoms with Crippen LogP contribution in [0.2, 0.25) is 0 Å². The molecule has 0 saturated carbocycles. The van der Waals surface area contributed by atoms with Crippen molar-refractivity contribution < 1.29 is 175 Å². The van der Waals surface area contributed by atoms with Crippen molar-refractivity contribution in [2.24, 2.45) is 25.6 Å². The Morgan fingerprint density at radius 2 is 1.08 bits per heavy atom. The van der Waals surface area contributed by atoms with Crippen LogP contribution >= 0.6 is 0 Å². The number of hydrogen-bond donors (Lipinski definition) is 4. The van der Waals surface area contributed by atoms with Gasteiger partial charge in [-0.3, -0.25) is 10.2 Å². The molecule has 0 bridgehead atoms. The van der Waals surface area contributed by atoms with Crippen molar-refractivity contribution in [2.45, 2.75) is 14.7 Å². The zero-order valence-electron chi connectivity index (χ0n) is 34.8. The number of benzene rings is 5. The van der Waals surface area contributed by atoms with E-state index in [0.29, 0.717) is 23.9 Å². The molecule has 6 rings (SSSR count). The number of nitrogens with two attached hydrogens (primary N) is 3. The minimum Gasteiger partial charge on any atom is -0.744 e. The van der Waals surface area contributed by atoms with Crippen molar-refractivity contribution in [2.75, 3.05) is 22.6 Å². The number of ketones is 1. The number of fused-ring (bicyclic) bond motifs is 1. The molecule has 0 aliphatic heterocycles. The minimum absolute atomic E-state index is 0. The van der Waals surface area contributed by atoms with Crippen LogP contribution in [-0.2, 0) is 40.5 Å². The number of hydrazone groups is 1. The summed E-state index contributed by atoms with van der Waals surface area (Å²) < 4.78 is 148. The van der Waals surface area contributed by atoms with Crippen LogP contribution in [0.4, 0.5) is 45.5 Å². The van der Waals surface area contributed by atoms with Crippen molar-refractivity contribution in [3.8, 4) is 0 Å². The number of para-hydroxylation sites is 1. The number of carbonyl (C=O) groups is 1. The van der Waals surface area contributed by atoms with Gasteiger partial charge in [-0.25, -0.2) is 33.7 Å². The van der Waals surface area contributed by atoms with E-state index in [-0.39, 0.29) is 152 Å². The first-order chi connectivity index (χ1) is 28.9. The zero-order chi connectivity index (χ0) is 45.4. The van der Waals surface area contributed by atoms with Gasteiger partial charge in [0, 0.05) is 5.69 Å². The van der Waals surface area contributed by atoms with Crippen LogP contribution in [0.25, 0.3) is 18.2 Å². The van der Waals surface area contributed by atoms with Gasteiger partial charge in [0.15, 0.2) is 0 Å². The van der Waals surface area contributed by atoms with Gasteiger partial charge in [-0.2, -0.15) is 15.3 Å². The smallest absolute Gasteiger partial charge is 0.744 e. The van der Waals surface area contributed by atoms with Gasteiger partial charge >= 0.3 is 118 Å². The molecular formula is C36H25N9Na4O13S4. The van der Waals surface area contributed by atoms with E-state index in [2.05, 4.69) is 31.0 Å². The molecule has 0 saturated heterocycles. The normalized spacial score (nSPS) is 13.6. The summed E-state index contributed by atoms with van der Waals surface area (Å²) in [4.78, 5) is 9.48. The van der Waals surface area contributed by atoms with Gasteiger partial charge < -0.3 is 35.4 Å². The second-order valence-corrected chi connectivity index (χ2v) is 18.1. The summed E-state index contributed by atoms with van der Waals surface area (Å²) in [5.41, 5.74) is 15.9. The van der Waals surface area contributed by atoms with E-state index in [9.17, 15) is 56.7 Å². The monoisotopic (exact) mass is 1010 g/mol. The average molecular weight is 1010 g/mol. The summed E-state index contributed by atoms with van der Waals surface area (Å²) >= 11 is 0. The first-order valence-electron chi connectivity index (χ1n) is 16.8. The predicted octanol–water partition coefficient (Wildman–Crippen LogP) is -7.29. The number of nitrogens with one attached hydrogen (secondary N) is 1. The maximum Gasteiger partial charge on any atom is 1.00 e. The number of azo groups is 2. The number of anilines is 4. The van der Waals surface area contributed by atoms with Gasteiger partial charge in [0.05, 0.1) is 53.6 Å². The molecule has 7 N–H and O–H groups in total. The van der Waals surface area contributed by atoms with Crippen LogP contribution in [-0.4, -0.2) is 63.4 Å². The van der Waals surface area contributed by atoms with E-state index < -0.39 is 99.7 Å². The molecule has 0 amide bonds. The molecule has 0 unspecified atom stereocenters. The van der Waals surface area contributed by atoms with Gasteiger partial charge in [0.2, 0.25) is 5.78 Å². The molecular weight excluding hydrogens is 987 g/mol. The van der Waals surface area contributed by atoms with Gasteiger partial charge in [-0.15, -0.1) is 10.2 Å². The summed E-state index contributed by atoms with van der Waals surface area (Å²) in [6.45, 7) is 0. The molecule has 320 valence electrons. The quantitative estimate of drug-likeness (QED) is 0.0225. The SMILES string of the molecule is Nc1ccc(N=Nc2ccc(C=Cc3ccc(N=Nc4c(S(=O)(=O)[O-])cc5c(c4N)C(=O)C(=NNc4ccccc4)C(S(=O)(=O)[O-])=C5)cc3S(=O)(=O)[O-])c(S(=O)(=O)[O-])c2)c(N)c1.[Na+].[Na+].[Na+].[Na+]. The second kappa shape index (κ2) is 23.5.